The van der Waals surface area contributed by atoms with Crippen molar-refractivity contribution in [1.29, 1.82) is 0 Å². The molecule has 0 heterocycles. The number of allylic oxidation sites excluding steroid dienone is 3. The molecule has 0 saturated heterocycles. The van der Waals surface area contributed by atoms with Crippen molar-refractivity contribution in [2.45, 2.75) is 0 Å². The van der Waals surface area contributed by atoms with E-state index in [-0.39, 0.29) is 6.16 Å². The van der Waals surface area contributed by atoms with Gasteiger partial charge < -0.3 is 9.79 Å². The van der Waals surface area contributed by atoms with E-state index < -0.39 is 7.60 Å². The van der Waals surface area contributed by atoms with Crippen molar-refractivity contribution in [2.24, 2.45) is 0 Å². The summed E-state index contributed by atoms with van der Waals surface area (Å²) in [5.74, 6) is 0. The highest BCUT2D eigenvalue weighted by Gasteiger charge is 2.07. The van der Waals surface area contributed by atoms with Crippen LogP contribution in [0.15, 0.2) is 24.8 Å². The lowest BCUT2D eigenvalue weighted by atomic mass is 10.5. The van der Waals surface area contributed by atoms with Gasteiger partial charge in [0.25, 0.3) is 0 Å². The van der Waals surface area contributed by atoms with Crippen LogP contribution in [0.4, 0.5) is 0 Å². The molecule has 0 saturated carbocycles. The minimum absolute atomic E-state index is 0.209. The zero-order valence-corrected chi connectivity index (χ0v) is 5.79. The molecule has 0 aliphatic carbocycles. The molecule has 0 amide bonds. The normalized spacial score (nSPS) is 12.2. The summed E-state index contributed by atoms with van der Waals surface area (Å²) in [5.41, 5.74) is 0. The SMILES string of the molecule is C=CC=CCP(=O)(O)O. The Morgan fingerprint density at radius 1 is 1.56 bits per heavy atom. The fourth-order valence-electron chi connectivity index (χ4n) is 0.294. The molecule has 0 aliphatic heterocycles. The molecule has 9 heavy (non-hydrogen) atoms. The van der Waals surface area contributed by atoms with E-state index in [1.165, 1.54) is 18.2 Å². The van der Waals surface area contributed by atoms with Crippen LogP contribution in [0, 0.1) is 0 Å². The maximum Gasteiger partial charge on any atom is 0.329 e. The quantitative estimate of drug-likeness (QED) is 0.462. The van der Waals surface area contributed by atoms with Crippen LogP contribution in [0.3, 0.4) is 0 Å². The van der Waals surface area contributed by atoms with Crippen molar-refractivity contribution in [3.63, 3.8) is 0 Å². The average Bonchev–Trinajstić information content (AvgIpc) is 1.63. The van der Waals surface area contributed by atoms with Crippen molar-refractivity contribution in [1.82, 2.24) is 0 Å². The molecular formula is C5H9O3P. The first-order valence-electron chi connectivity index (χ1n) is 2.38. The van der Waals surface area contributed by atoms with E-state index >= 15 is 0 Å². The maximum absolute atomic E-state index is 10.1. The van der Waals surface area contributed by atoms with Gasteiger partial charge in [0.05, 0.1) is 6.16 Å². The van der Waals surface area contributed by atoms with Crippen molar-refractivity contribution in [2.75, 3.05) is 6.16 Å². The molecule has 0 radical (unpaired) electrons. The second kappa shape index (κ2) is 3.62. The molecule has 2 N–H and O–H groups in total. The van der Waals surface area contributed by atoms with Crippen LogP contribution in [0.1, 0.15) is 0 Å². The summed E-state index contributed by atoms with van der Waals surface area (Å²) in [5, 5.41) is 0. The van der Waals surface area contributed by atoms with Crippen molar-refractivity contribution in [3.05, 3.63) is 24.8 Å². The Kier molecular flexibility index (Phi) is 3.47. The van der Waals surface area contributed by atoms with Crippen LogP contribution >= 0.6 is 7.60 Å². The number of rotatable bonds is 3. The molecule has 52 valence electrons. The second-order valence-electron chi connectivity index (χ2n) is 1.51. The largest absolute Gasteiger partial charge is 0.329 e. The third kappa shape index (κ3) is 7.63. The van der Waals surface area contributed by atoms with E-state index in [0.29, 0.717) is 0 Å². The highest BCUT2D eigenvalue weighted by molar-refractivity contribution is 7.51. The molecule has 0 aromatic heterocycles. The van der Waals surface area contributed by atoms with Crippen LogP contribution in [0.5, 0.6) is 0 Å². The maximum atomic E-state index is 10.1. The van der Waals surface area contributed by atoms with E-state index in [2.05, 4.69) is 6.58 Å². The molecule has 0 aromatic rings. The Morgan fingerprint density at radius 3 is 2.44 bits per heavy atom. The lowest BCUT2D eigenvalue weighted by molar-refractivity contribution is 0.377. The van der Waals surface area contributed by atoms with Gasteiger partial charge in [0.15, 0.2) is 0 Å². The summed E-state index contributed by atoms with van der Waals surface area (Å²) in [4.78, 5) is 16.5. The van der Waals surface area contributed by atoms with E-state index in [0.717, 1.165) is 0 Å². The van der Waals surface area contributed by atoms with Crippen molar-refractivity contribution >= 4 is 7.60 Å². The summed E-state index contributed by atoms with van der Waals surface area (Å²) < 4.78 is 10.1. The van der Waals surface area contributed by atoms with Crippen molar-refractivity contribution in [3.8, 4) is 0 Å². The molecule has 0 atom stereocenters. The summed E-state index contributed by atoms with van der Waals surface area (Å²) >= 11 is 0. The minimum Gasteiger partial charge on any atom is -0.324 e. The van der Waals surface area contributed by atoms with Crippen LogP contribution in [-0.2, 0) is 4.57 Å². The third-order valence-electron chi connectivity index (χ3n) is 0.615. The first-order chi connectivity index (χ1) is 4.06. The lowest BCUT2D eigenvalue weighted by Crippen LogP contribution is -1.80. The Hall–Kier alpha value is -0.370. The molecule has 0 bridgehead atoms. The first-order valence-corrected chi connectivity index (χ1v) is 4.18. The molecule has 0 unspecified atom stereocenters. The Bertz CT molecular complexity index is 156. The molecule has 0 aliphatic rings. The molecule has 0 fully saturated rings. The van der Waals surface area contributed by atoms with E-state index in [1.807, 2.05) is 0 Å². The topological polar surface area (TPSA) is 57.5 Å². The molecule has 3 nitrogen and oxygen atoms in total. The fourth-order valence-corrected chi connectivity index (χ4v) is 0.691. The third-order valence-corrected chi connectivity index (χ3v) is 1.30. The summed E-state index contributed by atoms with van der Waals surface area (Å²) in [6.07, 6.45) is 4.14. The summed E-state index contributed by atoms with van der Waals surface area (Å²) in [7, 11) is -3.83. The second-order valence-corrected chi connectivity index (χ2v) is 3.21. The van der Waals surface area contributed by atoms with Gasteiger partial charge in [-0.05, 0) is 0 Å². The summed E-state index contributed by atoms with van der Waals surface area (Å²) in [6.45, 7) is 3.34. The lowest BCUT2D eigenvalue weighted by Gasteiger charge is -1.95. The first kappa shape index (κ1) is 8.63. The Labute approximate surface area is 53.9 Å². The average molecular weight is 148 g/mol. The van der Waals surface area contributed by atoms with Gasteiger partial charge in [-0.25, -0.2) is 0 Å². The zero-order chi connectivity index (χ0) is 7.33. The van der Waals surface area contributed by atoms with E-state index in [9.17, 15) is 4.57 Å². The van der Waals surface area contributed by atoms with E-state index in [4.69, 9.17) is 9.79 Å². The Morgan fingerprint density at radius 2 is 2.11 bits per heavy atom. The van der Waals surface area contributed by atoms with Gasteiger partial charge >= 0.3 is 7.60 Å². The predicted molar refractivity (Wildman–Crippen MR) is 36.2 cm³/mol. The molecule has 0 rings (SSSR count). The Balaban J connectivity index is 3.63. The smallest absolute Gasteiger partial charge is 0.324 e. The monoisotopic (exact) mass is 148 g/mol. The predicted octanol–water partition coefficient (Wildman–Crippen LogP) is 0.906. The standard InChI is InChI=1S/C5H9O3P/c1-2-3-4-5-9(6,7)8/h2-4H,1,5H2,(H2,6,7,8). The van der Waals surface area contributed by atoms with E-state index in [1.54, 1.807) is 0 Å². The van der Waals surface area contributed by atoms with Gasteiger partial charge in [0, 0.05) is 0 Å². The molecule has 4 heteroatoms. The number of hydrogen-bond donors (Lipinski definition) is 2. The van der Waals surface area contributed by atoms with Gasteiger partial charge in [-0.1, -0.05) is 24.8 Å². The zero-order valence-electron chi connectivity index (χ0n) is 4.90. The van der Waals surface area contributed by atoms with Crippen LogP contribution in [-0.4, -0.2) is 15.9 Å². The van der Waals surface area contributed by atoms with Gasteiger partial charge in [-0.3, -0.25) is 4.57 Å². The van der Waals surface area contributed by atoms with Crippen LogP contribution in [0.25, 0.3) is 0 Å². The molecular weight excluding hydrogens is 139 g/mol. The summed E-state index contributed by atoms with van der Waals surface area (Å²) in [6, 6.07) is 0. The molecule has 0 aromatic carbocycles. The van der Waals surface area contributed by atoms with Gasteiger partial charge in [-0.15, -0.1) is 0 Å². The van der Waals surface area contributed by atoms with Crippen LogP contribution < -0.4 is 0 Å². The minimum atomic E-state index is -3.83. The number of hydrogen-bond acceptors (Lipinski definition) is 1. The fraction of sp³-hybridized carbons (Fsp3) is 0.200. The highest BCUT2D eigenvalue weighted by atomic mass is 31.2. The van der Waals surface area contributed by atoms with Crippen molar-refractivity contribution < 1.29 is 14.4 Å². The molecule has 0 spiro atoms. The van der Waals surface area contributed by atoms with Gasteiger partial charge in [-0.2, -0.15) is 0 Å². The van der Waals surface area contributed by atoms with Gasteiger partial charge in [0.2, 0.25) is 0 Å². The van der Waals surface area contributed by atoms with Gasteiger partial charge in [0.1, 0.15) is 0 Å². The highest BCUT2D eigenvalue weighted by Crippen LogP contribution is 2.33. The van der Waals surface area contributed by atoms with Crippen LogP contribution in [0.2, 0.25) is 0 Å².